The highest BCUT2D eigenvalue weighted by Gasteiger charge is 2.21. The molecule has 1 fully saturated rings. The Kier molecular flexibility index (Phi) is 3.70. The number of hydrogen-bond acceptors (Lipinski definition) is 3. The van der Waals surface area contributed by atoms with Crippen molar-refractivity contribution in [1.29, 1.82) is 0 Å². The molecule has 0 aromatic heterocycles. The standard InChI is InChI=1S/C8H19NO2Si/c1-8(2,11-12)7-9-3-5-10-6-4-9/h3-7H2,1-2,12H3. The highest BCUT2D eigenvalue weighted by molar-refractivity contribution is 5.98. The predicted molar refractivity (Wildman–Crippen MR) is 52.4 cm³/mol. The van der Waals surface area contributed by atoms with Crippen LogP contribution in [0.15, 0.2) is 0 Å². The van der Waals surface area contributed by atoms with Crippen LogP contribution in [0.1, 0.15) is 13.8 Å². The largest absolute Gasteiger partial charge is 0.422 e. The van der Waals surface area contributed by atoms with Crippen LogP contribution in [0.2, 0.25) is 0 Å². The lowest BCUT2D eigenvalue weighted by Crippen LogP contribution is -2.45. The van der Waals surface area contributed by atoms with Gasteiger partial charge in [0.1, 0.15) is 10.5 Å². The average molecular weight is 189 g/mol. The van der Waals surface area contributed by atoms with Crippen LogP contribution in [0.5, 0.6) is 0 Å². The molecule has 0 unspecified atom stereocenters. The molecule has 0 atom stereocenters. The SMILES string of the molecule is CC(C)(CN1CCOCC1)O[SiH3]. The van der Waals surface area contributed by atoms with Gasteiger partial charge in [-0.3, -0.25) is 4.90 Å². The molecule has 0 aliphatic carbocycles. The molecule has 0 spiro atoms. The number of hydrogen-bond donors (Lipinski definition) is 0. The van der Waals surface area contributed by atoms with Crippen LogP contribution in [-0.2, 0) is 9.16 Å². The second-order valence-corrected chi connectivity index (χ2v) is 4.26. The summed E-state index contributed by atoms with van der Waals surface area (Å²) in [6.07, 6.45) is 0. The molecule has 0 radical (unpaired) electrons. The molecule has 1 heterocycles. The molecule has 0 aromatic carbocycles. The van der Waals surface area contributed by atoms with Gasteiger partial charge in [-0.05, 0) is 13.8 Å². The fourth-order valence-electron chi connectivity index (χ4n) is 1.36. The maximum absolute atomic E-state index is 5.50. The molecular formula is C8H19NO2Si. The van der Waals surface area contributed by atoms with Crippen LogP contribution in [-0.4, -0.2) is 53.8 Å². The molecular weight excluding hydrogens is 170 g/mol. The molecule has 3 nitrogen and oxygen atoms in total. The van der Waals surface area contributed by atoms with Crippen molar-refractivity contribution in [1.82, 2.24) is 4.90 Å². The minimum atomic E-state index is 0.0313. The van der Waals surface area contributed by atoms with Crippen LogP contribution in [0.25, 0.3) is 0 Å². The van der Waals surface area contributed by atoms with Crippen molar-refractivity contribution >= 4 is 10.5 Å². The summed E-state index contributed by atoms with van der Waals surface area (Å²) in [7, 11) is 0.820. The first kappa shape index (κ1) is 10.2. The summed E-state index contributed by atoms with van der Waals surface area (Å²) in [5, 5.41) is 0. The van der Waals surface area contributed by atoms with Gasteiger partial charge in [-0.15, -0.1) is 0 Å². The Morgan fingerprint density at radius 1 is 1.42 bits per heavy atom. The molecule has 0 aromatic rings. The lowest BCUT2D eigenvalue weighted by molar-refractivity contribution is -0.00101. The number of rotatable bonds is 3. The third-order valence-electron chi connectivity index (χ3n) is 2.26. The van der Waals surface area contributed by atoms with E-state index in [0.29, 0.717) is 0 Å². The van der Waals surface area contributed by atoms with E-state index in [1.165, 1.54) is 0 Å². The van der Waals surface area contributed by atoms with Gasteiger partial charge in [0.15, 0.2) is 0 Å². The van der Waals surface area contributed by atoms with Crippen LogP contribution in [0.3, 0.4) is 0 Å². The van der Waals surface area contributed by atoms with Gasteiger partial charge in [0.25, 0.3) is 0 Å². The first-order valence-corrected chi connectivity index (χ1v) is 5.31. The Morgan fingerprint density at radius 3 is 2.50 bits per heavy atom. The van der Waals surface area contributed by atoms with Gasteiger partial charge in [-0.2, -0.15) is 0 Å². The van der Waals surface area contributed by atoms with Crippen molar-refractivity contribution in [3.8, 4) is 0 Å². The van der Waals surface area contributed by atoms with Crippen LogP contribution >= 0.6 is 0 Å². The predicted octanol–water partition coefficient (Wildman–Crippen LogP) is -0.606. The lowest BCUT2D eigenvalue weighted by atomic mass is 10.1. The molecule has 1 rings (SSSR count). The molecule has 4 heteroatoms. The molecule has 1 aliphatic heterocycles. The summed E-state index contributed by atoms with van der Waals surface area (Å²) < 4.78 is 10.8. The van der Waals surface area contributed by atoms with E-state index in [-0.39, 0.29) is 5.60 Å². The molecule has 0 amide bonds. The Bertz CT molecular complexity index is 135. The van der Waals surface area contributed by atoms with Crippen molar-refractivity contribution in [2.75, 3.05) is 32.8 Å². The topological polar surface area (TPSA) is 21.7 Å². The van der Waals surface area contributed by atoms with E-state index in [9.17, 15) is 0 Å². The minimum absolute atomic E-state index is 0.0313. The number of nitrogens with zero attached hydrogens (tertiary/aromatic N) is 1. The summed E-state index contributed by atoms with van der Waals surface area (Å²) >= 11 is 0. The molecule has 12 heavy (non-hydrogen) atoms. The fourth-order valence-corrected chi connectivity index (χ4v) is 1.49. The van der Waals surface area contributed by atoms with Crippen LogP contribution in [0, 0.1) is 0 Å². The number of ether oxygens (including phenoxy) is 1. The first-order chi connectivity index (χ1) is 5.64. The summed E-state index contributed by atoms with van der Waals surface area (Å²) in [6, 6.07) is 0. The molecule has 0 bridgehead atoms. The summed E-state index contributed by atoms with van der Waals surface area (Å²) in [6.45, 7) is 9.17. The second-order valence-electron chi connectivity index (χ2n) is 3.85. The van der Waals surface area contributed by atoms with Gasteiger partial charge in [0.2, 0.25) is 0 Å². The smallest absolute Gasteiger partial charge is 0.146 e. The van der Waals surface area contributed by atoms with Crippen LogP contribution < -0.4 is 0 Å². The highest BCUT2D eigenvalue weighted by Crippen LogP contribution is 2.10. The van der Waals surface area contributed by atoms with E-state index in [1.54, 1.807) is 0 Å². The molecule has 1 saturated heterocycles. The second kappa shape index (κ2) is 4.37. The first-order valence-electron chi connectivity index (χ1n) is 4.49. The maximum Gasteiger partial charge on any atom is 0.146 e. The van der Waals surface area contributed by atoms with Crippen molar-refractivity contribution in [2.45, 2.75) is 19.4 Å². The quantitative estimate of drug-likeness (QED) is 0.553. The van der Waals surface area contributed by atoms with Gasteiger partial charge in [-0.1, -0.05) is 0 Å². The van der Waals surface area contributed by atoms with Crippen LogP contribution in [0.4, 0.5) is 0 Å². The Morgan fingerprint density at radius 2 is 2.00 bits per heavy atom. The van der Waals surface area contributed by atoms with Crippen molar-refractivity contribution in [2.24, 2.45) is 0 Å². The van der Waals surface area contributed by atoms with Gasteiger partial charge in [-0.25, -0.2) is 0 Å². The monoisotopic (exact) mass is 189 g/mol. The zero-order valence-electron chi connectivity index (χ0n) is 8.30. The Balaban J connectivity index is 2.28. The summed E-state index contributed by atoms with van der Waals surface area (Å²) in [4.78, 5) is 2.40. The molecule has 0 saturated carbocycles. The van der Waals surface area contributed by atoms with Crippen molar-refractivity contribution in [3.63, 3.8) is 0 Å². The highest BCUT2D eigenvalue weighted by atomic mass is 28.2. The van der Waals surface area contributed by atoms with E-state index < -0.39 is 0 Å². The third-order valence-corrected chi connectivity index (χ3v) is 3.37. The molecule has 72 valence electrons. The summed E-state index contributed by atoms with van der Waals surface area (Å²) in [5.74, 6) is 0. The zero-order valence-corrected chi connectivity index (χ0v) is 10.3. The Labute approximate surface area is 77.6 Å². The molecule has 0 N–H and O–H groups in total. The normalized spacial score (nSPS) is 21.5. The average Bonchev–Trinajstić information content (AvgIpc) is 2.06. The van der Waals surface area contributed by atoms with Crippen molar-refractivity contribution < 1.29 is 9.16 Å². The van der Waals surface area contributed by atoms with E-state index in [2.05, 4.69) is 18.7 Å². The van der Waals surface area contributed by atoms with E-state index >= 15 is 0 Å². The fraction of sp³-hybridized carbons (Fsp3) is 1.00. The van der Waals surface area contributed by atoms with Gasteiger partial charge in [0, 0.05) is 19.6 Å². The lowest BCUT2D eigenvalue weighted by Gasteiger charge is -2.34. The third kappa shape index (κ3) is 3.22. The van der Waals surface area contributed by atoms with E-state index in [4.69, 9.17) is 9.16 Å². The maximum atomic E-state index is 5.50. The van der Waals surface area contributed by atoms with Gasteiger partial charge < -0.3 is 9.16 Å². The Hall–Kier alpha value is 0.0969. The van der Waals surface area contributed by atoms with Gasteiger partial charge >= 0.3 is 0 Å². The summed E-state index contributed by atoms with van der Waals surface area (Å²) in [5.41, 5.74) is 0.0313. The van der Waals surface area contributed by atoms with Gasteiger partial charge in [0.05, 0.1) is 18.8 Å². The zero-order chi connectivity index (χ0) is 9.03. The number of morpholine rings is 1. The van der Waals surface area contributed by atoms with E-state index in [1.807, 2.05) is 0 Å². The molecule has 1 aliphatic rings. The van der Waals surface area contributed by atoms with Crippen molar-refractivity contribution in [3.05, 3.63) is 0 Å². The minimum Gasteiger partial charge on any atom is -0.422 e. The van der Waals surface area contributed by atoms with E-state index in [0.717, 1.165) is 43.3 Å².